The Balaban J connectivity index is 2.41. The van der Waals surface area contributed by atoms with E-state index in [0.29, 0.717) is 5.92 Å². The Labute approximate surface area is 96.8 Å². The minimum atomic E-state index is 0.534. The van der Waals surface area contributed by atoms with E-state index in [4.69, 9.17) is 0 Å². The summed E-state index contributed by atoms with van der Waals surface area (Å²) in [5.41, 5.74) is 3.66. The molecule has 0 unspecified atom stereocenters. The lowest BCUT2D eigenvalue weighted by Crippen LogP contribution is -1.97. The van der Waals surface area contributed by atoms with Gasteiger partial charge in [0.25, 0.3) is 0 Å². The van der Waals surface area contributed by atoms with Crippen molar-refractivity contribution in [2.75, 3.05) is 0 Å². The summed E-state index contributed by atoms with van der Waals surface area (Å²) in [5.74, 6) is 0.534. The third kappa shape index (κ3) is 2.13. The number of nitrogens with zero attached hydrogens (tertiary/aromatic N) is 1. The first-order valence-electron chi connectivity index (χ1n) is 5.69. The molecule has 0 fully saturated rings. The second-order valence-electron chi connectivity index (χ2n) is 4.48. The third-order valence-electron chi connectivity index (χ3n) is 2.97. The Kier molecular flexibility index (Phi) is 3.04. The molecule has 0 atom stereocenters. The Morgan fingerprint density at radius 2 is 2.06 bits per heavy atom. The summed E-state index contributed by atoms with van der Waals surface area (Å²) in [6.45, 7) is 8.51. The molecule has 0 aliphatic rings. The fourth-order valence-electron chi connectivity index (χ4n) is 1.77. The van der Waals surface area contributed by atoms with Crippen molar-refractivity contribution in [3.05, 3.63) is 54.2 Å². The first kappa shape index (κ1) is 10.9. The molecule has 0 aliphatic heterocycles. The average Bonchev–Trinajstić information content (AvgIpc) is 2.29. The molecule has 0 amide bonds. The maximum atomic E-state index is 4.36. The van der Waals surface area contributed by atoms with Gasteiger partial charge in [-0.05, 0) is 30.0 Å². The van der Waals surface area contributed by atoms with E-state index in [0.717, 1.165) is 11.9 Å². The molecule has 82 valence electrons. The van der Waals surface area contributed by atoms with Crippen molar-refractivity contribution in [3.63, 3.8) is 0 Å². The maximum absolute atomic E-state index is 4.36. The fraction of sp³-hybridized carbons (Fsp3) is 0.267. The van der Waals surface area contributed by atoms with Crippen LogP contribution in [-0.4, -0.2) is 4.98 Å². The van der Waals surface area contributed by atoms with E-state index in [1.807, 2.05) is 12.3 Å². The molecule has 1 aromatic heterocycles. The molecule has 0 saturated heterocycles. The van der Waals surface area contributed by atoms with Crippen molar-refractivity contribution in [3.8, 4) is 0 Å². The van der Waals surface area contributed by atoms with Crippen molar-refractivity contribution in [2.45, 2.75) is 20.3 Å². The molecule has 0 N–H and O–H groups in total. The molecule has 0 aliphatic carbocycles. The van der Waals surface area contributed by atoms with E-state index in [2.05, 4.69) is 49.7 Å². The number of benzene rings is 1. The standard InChI is InChI=1S/C15H17N/c1-11(2)12(3)10-13-6-4-8-15-14(13)7-5-9-16-15/h4-9,11H,3,10H2,1-2H3. The van der Waals surface area contributed by atoms with Crippen molar-refractivity contribution < 1.29 is 0 Å². The second kappa shape index (κ2) is 4.48. The topological polar surface area (TPSA) is 12.9 Å². The van der Waals surface area contributed by atoms with E-state index in [1.165, 1.54) is 16.5 Å². The third-order valence-corrected chi connectivity index (χ3v) is 2.97. The van der Waals surface area contributed by atoms with Gasteiger partial charge in [0.15, 0.2) is 0 Å². The Morgan fingerprint density at radius 1 is 1.25 bits per heavy atom. The van der Waals surface area contributed by atoms with Gasteiger partial charge in [-0.25, -0.2) is 0 Å². The van der Waals surface area contributed by atoms with Gasteiger partial charge < -0.3 is 0 Å². The second-order valence-corrected chi connectivity index (χ2v) is 4.48. The van der Waals surface area contributed by atoms with E-state index in [1.54, 1.807) is 0 Å². The van der Waals surface area contributed by atoms with Crippen LogP contribution in [-0.2, 0) is 6.42 Å². The number of hydrogen-bond donors (Lipinski definition) is 0. The van der Waals surface area contributed by atoms with Gasteiger partial charge >= 0.3 is 0 Å². The lowest BCUT2D eigenvalue weighted by molar-refractivity contribution is 0.746. The number of rotatable bonds is 3. The lowest BCUT2D eigenvalue weighted by Gasteiger charge is -2.11. The van der Waals surface area contributed by atoms with Crippen molar-refractivity contribution in [2.24, 2.45) is 5.92 Å². The molecule has 1 heterocycles. The predicted octanol–water partition coefficient (Wildman–Crippen LogP) is 3.99. The monoisotopic (exact) mass is 211 g/mol. The molecule has 1 aromatic carbocycles. The molecule has 1 nitrogen and oxygen atoms in total. The molecule has 16 heavy (non-hydrogen) atoms. The molecule has 2 rings (SSSR count). The number of fused-ring (bicyclic) bond motifs is 1. The minimum absolute atomic E-state index is 0.534. The van der Waals surface area contributed by atoms with Crippen LogP contribution in [0.15, 0.2) is 48.7 Å². The summed E-state index contributed by atoms with van der Waals surface area (Å²) in [4.78, 5) is 4.36. The van der Waals surface area contributed by atoms with Gasteiger partial charge in [0.2, 0.25) is 0 Å². The van der Waals surface area contributed by atoms with Crippen LogP contribution >= 0.6 is 0 Å². The molecule has 2 aromatic rings. The van der Waals surface area contributed by atoms with Gasteiger partial charge in [-0.2, -0.15) is 0 Å². The largest absolute Gasteiger partial charge is 0.256 e. The van der Waals surface area contributed by atoms with Crippen LogP contribution < -0.4 is 0 Å². The number of pyridine rings is 1. The summed E-state index contributed by atoms with van der Waals surface area (Å²) in [6, 6.07) is 10.4. The normalized spacial score (nSPS) is 10.9. The van der Waals surface area contributed by atoms with E-state index in [9.17, 15) is 0 Å². The zero-order valence-electron chi connectivity index (χ0n) is 9.90. The van der Waals surface area contributed by atoms with Gasteiger partial charge in [-0.1, -0.05) is 44.2 Å². The highest BCUT2D eigenvalue weighted by atomic mass is 14.6. The van der Waals surface area contributed by atoms with Crippen LogP contribution in [0.2, 0.25) is 0 Å². The van der Waals surface area contributed by atoms with Crippen LogP contribution in [0.3, 0.4) is 0 Å². The molecule has 0 spiro atoms. The summed E-state index contributed by atoms with van der Waals surface area (Å²) in [7, 11) is 0. The van der Waals surface area contributed by atoms with E-state index < -0.39 is 0 Å². The molecule has 1 heteroatoms. The highest BCUT2D eigenvalue weighted by Gasteiger charge is 2.05. The zero-order chi connectivity index (χ0) is 11.5. The number of aromatic nitrogens is 1. The summed E-state index contributed by atoms with van der Waals surface area (Å²) >= 11 is 0. The minimum Gasteiger partial charge on any atom is -0.256 e. The Morgan fingerprint density at radius 3 is 2.81 bits per heavy atom. The Bertz CT molecular complexity index is 506. The average molecular weight is 211 g/mol. The molecular formula is C15H17N. The van der Waals surface area contributed by atoms with Gasteiger partial charge in [0, 0.05) is 11.6 Å². The van der Waals surface area contributed by atoms with Gasteiger partial charge in [0.1, 0.15) is 0 Å². The van der Waals surface area contributed by atoms with Gasteiger partial charge in [-0.15, -0.1) is 0 Å². The van der Waals surface area contributed by atoms with Crippen LogP contribution in [0.25, 0.3) is 10.9 Å². The summed E-state index contributed by atoms with van der Waals surface area (Å²) in [5, 5.41) is 1.24. The molecule has 0 saturated carbocycles. The Hall–Kier alpha value is -1.63. The van der Waals surface area contributed by atoms with E-state index >= 15 is 0 Å². The summed E-state index contributed by atoms with van der Waals surface area (Å²) in [6.07, 6.45) is 2.78. The van der Waals surface area contributed by atoms with Crippen molar-refractivity contribution in [1.82, 2.24) is 4.98 Å². The van der Waals surface area contributed by atoms with Crippen molar-refractivity contribution in [1.29, 1.82) is 0 Å². The first-order chi connectivity index (χ1) is 7.68. The van der Waals surface area contributed by atoms with E-state index in [-0.39, 0.29) is 0 Å². The molecule has 0 bridgehead atoms. The van der Waals surface area contributed by atoms with Gasteiger partial charge in [-0.3, -0.25) is 4.98 Å². The molecular weight excluding hydrogens is 194 g/mol. The number of allylic oxidation sites excluding steroid dienone is 1. The predicted molar refractivity (Wildman–Crippen MR) is 69.4 cm³/mol. The fourth-order valence-corrected chi connectivity index (χ4v) is 1.77. The smallest absolute Gasteiger partial charge is 0.0704 e. The first-order valence-corrected chi connectivity index (χ1v) is 5.69. The number of hydrogen-bond acceptors (Lipinski definition) is 1. The van der Waals surface area contributed by atoms with Crippen molar-refractivity contribution >= 4 is 10.9 Å². The molecule has 0 radical (unpaired) electrons. The zero-order valence-corrected chi connectivity index (χ0v) is 9.90. The van der Waals surface area contributed by atoms with Gasteiger partial charge in [0.05, 0.1) is 5.52 Å². The quantitative estimate of drug-likeness (QED) is 0.699. The highest BCUT2D eigenvalue weighted by molar-refractivity contribution is 5.82. The van der Waals surface area contributed by atoms with Crippen LogP contribution in [0.5, 0.6) is 0 Å². The lowest BCUT2D eigenvalue weighted by atomic mass is 9.95. The van der Waals surface area contributed by atoms with Crippen LogP contribution in [0.4, 0.5) is 0 Å². The van der Waals surface area contributed by atoms with Crippen LogP contribution in [0.1, 0.15) is 19.4 Å². The SMILES string of the molecule is C=C(Cc1cccc2ncccc12)C(C)C. The maximum Gasteiger partial charge on any atom is 0.0704 e. The van der Waals surface area contributed by atoms with Crippen LogP contribution in [0, 0.1) is 5.92 Å². The summed E-state index contributed by atoms with van der Waals surface area (Å²) < 4.78 is 0. The highest BCUT2D eigenvalue weighted by Crippen LogP contribution is 2.21.